The Morgan fingerprint density at radius 3 is 2.48 bits per heavy atom. The van der Waals surface area contributed by atoms with Crippen LogP contribution in [0.5, 0.6) is 6.01 Å². The van der Waals surface area contributed by atoms with E-state index in [4.69, 9.17) is 4.74 Å². The zero-order chi connectivity index (χ0) is 16.1. The van der Waals surface area contributed by atoms with Gasteiger partial charge in [-0.15, -0.1) is 0 Å². The van der Waals surface area contributed by atoms with Gasteiger partial charge >= 0.3 is 12.0 Å². The SMILES string of the molecule is Cc1ccc(NC(=O)N2CCC(Oc3ncccn3)CC2)cc1. The van der Waals surface area contributed by atoms with E-state index in [-0.39, 0.29) is 12.1 Å². The summed E-state index contributed by atoms with van der Waals surface area (Å²) in [6, 6.07) is 9.88. The maximum atomic E-state index is 12.3. The van der Waals surface area contributed by atoms with Crippen molar-refractivity contribution in [1.82, 2.24) is 14.9 Å². The van der Waals surface area contributed by atoms with Gasteiger partial charge in [-0.25, -0.2) is 14.8 Å². The van der Waals surface area contributed by atoms with E-state index >= 15 is 0 Å². The van der Waals surface area contributed by atoms with E-state index in [2.05, 4.69) is 15.3 Å². The molecular weight excluding hydrogens is 292 g/mol. The second-order valence-electron chi connectivity index (χ2n) is 5.63. The molecule has 23 heavy (non-hydrogen) atoms. The first-order valence-corrected chi connectivity index (χ1v) is 7.77. The molecule has 1 aliphatic rings. The Labute approximate surface area is 135 Å². The largest absolute Gasteiger partial charge is 0.460 e. The molecule has 6 nitrogen and oxygen atoms in total. The lowest BCUT2D eigenvalue weighted by atomic mass is 10.1. The average Bonchev–Trinajstić information content (AvgIpc) is 2.58. The molecule has 0 bridgehead atoms. The normalized spacial score (nSPS) is 15.3. The second-order valence-corrected chi connectivity index (χ2v) is 5.63. The smallest absolute Gasteiger partial charge is 0.321 e. The van der Waals surface area contributed by atoms with Crippen molar-refractivity contribution in [3.63, 3.8) is 0 Å². The van der Waals surface area contributed by atoms with Crippen LogP contribution in [0.25, 0.3) is 0 Å². The standard InChI is InChI=1S/C17H20N4O2/c1-13-3-5-14(6-4-13)20-17(22)21-11-7-15(8-12-21)23-16-18-9-2-10-19-16/h2-6,9-10,15H,7-8,11-12H2,1H3,(H,20,22). The number of urea groups is 1. The van der Waals surface area contributed by atoms with E-state index in [1.165, 1.54) is 5.56 Å². The van der Waals surface area contributed by atoms with Crippen LogP contribution in [0.15, 0.2) is 42.7 Å². The number of benzene rings is 1. The van der Waals surface area contributed by atoms with E-state index in [9.17, 15) is 4.79 Å². The maximum Gasteiger partial charge on any atom is 0.321 e. The highest BCUT2D eigenvalue weighted by Crippen LogP contribution is 2.17. The number of hydrogen-bond donors (Lipinski definition) is 1. The number of anilines is 1. The van der Waals surface area contributed by atoms with Gasteiger partial charge in [0.25, 0.3) is 0 Å². The summed E-state index contributed by atoms with van der Waals surface area (Å²) in [7, 11) is 0. The van der Waals surface area contributed by atoms with Crippen molar-refractivity contribution in [2.75, 3.05) is 18.4 Å². The molecule has 0 spiro atoms. The molecule has 2 heterocycles. The molecule has 1 aromatic heterocycles. The zero-order valence-corrected chi connectivity index (χ0v) is 13.1. The van der Waals surface area contributed by atoms with Crippen LogP contribution < -0.4 is 10.1 Å². The van der Waals surface area contributed by atoms with E-state index < -0.39 is 0 Å². The third-order valence-corrected chi connectivity index (χ3v) is 3.85. The summed E-state index contributed by atoms with van der Waals surface area (Å²) in [5.41, 5.74) is 1.99. The predicted octanol–water partition coefficient (Wildman–Crippen LogP) is 2.86. The highest BCUT2D eigenvalue weighted by Gasteiger charge is 2.24. The van der Waals surface area contributed by atoms with Gasteiger partial charge in [0, 0.05) is 44.0 Å². The number of aromatic nitrogens is 2. The van der Waals surface area contributed by atoms with Gasteiger partial charge in [-0.1, -0.05) is 17.7 Å². The van der Waals surface area contributed by atoms with Crippen LogP contribution in [0.4, 0.5) is 10.5 Å². The zero-order valence-electron chi connectivity index (χ0n) is 13.1. The molecule has 0 radical (unpaired) electrons. The molecule has 1 saturated heterocycles. The third kappa shape index (κ3) is 4.18. The molecule has 2 aromatic rings. The molecule has 1 aliphatic heterocycles. The lowest BCUT2D eigenvalue weighted by molar-refractivity contribution is 0.107. The van der Waals surface area contributed by atoms with Crippen molar-refractivity contribution in [3.8, 4) is 6.01 Å². The van der Waals surface area contributed by atoms with Gasteiger partial charge in [0.15, 0.2) is 0 Å². The third-order valence-electron chi connectivity index (χ3n) is 3.85. The van der Waals surface area contributed by atoms with Crippen LogP contribution in [0.1, 0.15) is 18.4 Å². The van der Waals surface area contributed by atoms with E-state index in [1.54, 1.807) is 18.5 Å². The molecule has 6 heteroatoms. The van der Waals surface area contributed by atoms with Gasteiger partial charge in [0.2, 0.25) is 0 Å². The topological polar surface area (TPSA) is 67.4 Å². The lowest BCUT2D eigenvalue weighted by Crippen LogP contribution is -2.43. The number of carbonyl (C=O) groups is 1. The molecular formula is C17H20N4O2. The fraction of sp³-hybridized carbons (Fsp3) is 0.353. The summed E-state index contributed by atoms with van der Waals surface area (Å²) >= 11 is 0. The van der Waals surface area contributed by atoms with E-state index in [0.717, 1.165) is 18.5 Å². The van der Waals surface area contributed by atoms with Crippen LogP contribution >= 0.6 is 0 Å². The van der Waals surface area contributed by atoms with Crippen molar-refractivity contribution in [2.24, 2.45) is 0 Å². The Kier molecular flexibility index (Phi) is 4.71. The molecule has 1 fully saturated rings. The molecule has 0 saturated carbocycles. The predicted molar refractivity (Wildman–Crippen MR) is 87.5 cm³/mol. The Morgan fingerprint density at radius 1 is 1.17 bits per heavy atom. The van der Waals surface area contributed by atoms with Crippen LogP contribution in [0.2, 0.25) is 0 Å². The Morgan fingerprint density at radius 2 is 1.83 bits per heavy atom. The number of nitrogens with one attached hydrogen (secondary N) is 1. The number of amides is 2. The molecule has 2 amide bonds. The van der Waals surface area contributed by atoms with Crippen LogP contribution in [-0.2, 0) is 0 Å². The first-order valence-electron chi connectivity index (χ1n) is 7.77. The first-order chi connectivity index (χ1) is 11.2. The fourth-order valence-electron chi connectivity index (χ4n) is 2.51. The number of rotatable bonds is 3. The number of carbonyl (C=O) groups excluding carboxylic acids is 1. The van der Waals surface area contributed by atoms with Gasteiger partial charge in [-0.2, -0.15) is 0 Å². The van der Waals surface area contributed by atoms with Crippen molar-refractivity contribution in [2.45, 2.75) is 25.9 Å². The van der Waals surface area contributed by atoms with E-state index in [1.807, 2.05) is 36.1 Å². The number of hydrogen-bond acceptors (Lipinski definition) is 4. The minimum Gasteiger partial charge on any atom is -0.460 e. The molecule has 1 N–H and O–H groups in total. The van der Waals surface area contributed by atoms with Gasteiger partial charge < -0.3 is 15.0 Å². The Hall–Kier alpha value is -2.63. The summed E-state index contributed by atoms with van der Waals surface area (Å²) in [6.07, 6.45) is 4.93. The lowest BCUT2D eigenvalue weighted by Gasteiger charge is -2.31. The number of aryl methyl sites for hydroxylation is 1. The summed E-state index contributed by atoms with van der Waals surface area (Å²) in [5, 5.41) is 2.92. The van der Waals surface area contributed by atoms with Crippen molar-refractivity contribution in [1.29, 1.82) is 0 Å². The molecule has 3 rings (SSSR count). The second kappa shape index (κ2) is 7.09. The Bertz CT molecular complexity index is 637. The molecule has 0 aliphatic carbocycles. The average molecular weight is 312 g/mol. The van der Waals surface area contributed by atoms with Crippen LogP contribution in [0, 0.1) is 6.92 Å². The van der Waals surface area contributed by atoms with E-state index in [0.29, 0.717) is 19.1 Å². The number of ether oxygens (including phenoxy) is 1. The van der Waals surface area contributed by atoms with Crippen molar-refractivity contribution in [3.05, 3.63) is 48.3 Å². The molecule has 0 atom stereocenters. The minimum absolute atomic E-state index is 0.0563. The highest BCUT2D eigenvalue weighted by molar-refractivity contribution is 5.89. The summed E-state index contributed by atoms with van der Waals surface area (Å²) in [5.74, 6) is 0. The molecule has 1 aromatic carbocycles. The first kappa shape index (κ1) is 15.3. The summed E-state index contributed by atoms with van der Waals surface area (Å²) in [6.45, 7) is 3.34. The van der Waals surface area contributed by atoms with Gasteiger partial charge in [-0.05, 0) is 25.1 Å². The van der Waals surface area contributed by atoms with Crippen molar-refractivity contribution < 1.29 is 9.53 Å². The quantitative estimate of drug-likeness (QED) is 0.946. The maximum absolute atomic E-state index is 12.3. The van der Waals surface area contributed by atoms with Crippen LogP contribution in [0.3, 0.4) is 0 Å². The van der Waals surface area contributed by atoms with Gasteiger partial charge in [0.05, 0.1) is 0 Å². The summed E-state index contributed by atoms with van der Waals surface area (Å²) in [4.78, 5) is 22.2. The monoisotopic (exact) mass is 312 g/mol. The Balaban J connectivity index is 1.48. The van der Waals surface area contributed by atoms with Crippen molar-refractivity contribution >= 4 is 11.7 Å². The summed E-state index contributed by atoms with van der Waals surface area (Å²) < 4.78 is 5.73. The number of likely N-dealkylation sites (tertiary alicyclic amines) is 1. The highest BCUT2D eigenvalue weighted by atomic mass is 16.5. The minimum atomic E-state index is -0.0664. The molecule has 0 unspecified atom stereocenters. The van der Waals surface area contributed by atoms with Gasteiger partial charge in [-0.3, -0.25) is 0 Å². The van der Waals surface area contributed by atoms with Crippen LogP contribution in [-0.4, -0.2) is 40.1 Å². The fourth-order valence-corrected chi connectivity index (χ4v) is 2.51. The van der Waals surface area contributed by atoms with Gasteiger partial charge in [0.1, 0.15) is 6.10 Å². The number of nitrogens with zero attached hydrogens (tertiary/aromatic N) is 3. The molecule has 120 valence electrons. The number of piperidine rings is 1.